The molecule has 1 aliphatic heterocycles. The second-order valence-electron chi connectivity index (χ2n) is 7.32. The maximum absolute atomic E-state index is 10.4. The van der Waals surface area contributed by atoms with Gasteiger partial charge in [-0.05, 0) is 38.3 Å². The molecular weight excluding hydrogens is 250 g/mol. The third-order valence-electron chi connectivity index (χ3n) is 4.80. The Kier molecular flexibility index (Phi) is 3.33. The zero-order valence-corrected chi connectivity index (χ0v) is 13.2. The zero-order valence-electron chi connectivity index (χ0n) is 13.2. The smallest absolute Gasteiger partial charge is 0.0813 e. The van der Waals surface area contributed by atoms with Crippen molar-refractivity contribution in [2.24, 2.45) is 5.41 Å². The van der Waals surface area contributed by atoms with Gasteiger partial charge in [0.2, 0.25) is 0 Å². The third-order valence-corrected chi connectivity index (χ3v) is 4.80. The van der Waals surface area contributed by atoms with Crippen LogP contribution in [0.3, 0.4) is 0 Å². The van der Waals surface area contributed by atoms with E-state index in [2.05, 4.69) is 48.5 Å². The summed E-state index contributed by atoms with van der Waals surface area (Å²) in [7, 11) is 2.18. The Morgan fingerprint density at radius 2 is 1.85 bits per heavy atom. The highest BCUT2D eigenvalue weighted by Gasteiger charge is 2.35. The molecule has 4 nitrogen and oxygen atoms in total. The Bertz CT molecular complexity index is 498. The fourth-order valence-corrected chi connectivity index (χ4v) is 3.72. The van der Waals surface area contributed by atoms with Gasteiger partial charge >= 0.3 is 0 Å². The zero-order chi connectivity index (χ0) is 14.5. The van der Waals surface area contributed by atoms with E-state index >= 15 is 0 Å². The van der Waals surface area contributed by atoms with Crippen LogP contribution in [0.25, 0.3) is 0 Å². The van der Waals surface area contributed by atoms with E-state index in [0.29, 0.717) is 0 Å². The minimum Gasteiger partial charge on any atom is -0.388 e. The number of hydrogen-bond acceptors (Lipinski definition) is 3. The van der Waals surface area contributed by atoms with E-state index < -0.39 is 0 Å². The molecule has 1 aliphatic carbocycles. The van der Waals surface area contributed by atoms with Gasteiger partial charge in [-0.25, -0.2) is 0 Å². The summed E-state index contributed by atoms with van der Waals surface area (Å²) >= 11 is 0. The lowest BCUT2D eigenvalue weighted by molar-refractivity contribution is 0.0976. The largest absolute Gasteiger partial charge is 0.388 e. The number of hydrogen-bond donors (Lipinski definition) is 1. The van der Waals surface area contributed by atoms with E-state index in [0.717, 1.165) is 44.6 Å². The summed E-state index contributed by atoms with van der Waals surface area (Å²) in [6, 6.07) is 2.19. The van der Waals surface area contributed by atoms with Crippen LogP contribution in [-0.2, 0) is 6.42 Å². The molecule has 2 heterocycles. The van der Waals surface area contributed by atoms with Gasteiger partial charge in [0.15, 0.2) is 0 Å². The van der Waals surface area contributed by atoms with Crippen molar-refractivity contribution in [3.63, 3.8) is 0 Å². The molecule has 4 heteroatoms. The molecule has 1 aromatic rings. The Morgan fingerprint density at radius 3 is 2.50 bits per heavy atom. The average Bonchev–Trinajstić information content (AvgIpc) is 2.66. The van der Waals surface area contributed by atoms with E-state index in [-0.39, 0.29) is 11.5 Å². The maximum Gasteiger partial charge on any atom is 0.0813 e. The van der Waals surface area contributed by atoms with Crippen LogP contribution in [0.4, 0.5) is 0 Å². The lowest BCUT2D eigenvalue weighted by Crippen LogP contribution is -2.51. The molecule has 0 radical (unpaired) electrons. The number of nitrogens with zero attached hydrogens (tertiary/aromatic N) is 3. The Morgan fingerprint density at radius 1 is 1.20 bits per heavy atom. The molecule has 20 heavy (non-hydrogen) atoms. The summed E-state index contributed by atoms with van der Waals surface area (Å²) in [6.45, 7) is 11.0. The molecule has 0 aromatic carbocycles. The molecule has 0 saturated carbocycles. The summed E-state index contributed by atoms with van der Waals surface area (Å²) in [6.07, 6.45) is 1.62. The van der Waals surface area contributed by atoms with E-state index in [1.807, 2.05) is 0 Å². The molecular formula is C16H27N3O. The number of piperazine rings is 1. The van der Waals surface area contributed by atoms with Crippen molar-refractivity contribution < 1.29 is 5.11 Å². The molecule has 0 bridgehead atoms. The molecule has 1 unspecified atom stereocenters. The maximum atomic E-state index is 10.4. The summed E-state index contributed by atoms with van der Waals surface area (Å²) in [5.74, 6) is 0. The number of aryl methyl sites for hydroxylation is 1. The van der Waals surface area contributed by atoms with Crippen molar-refractivity contribution in [3.8, 4) is 0 Å². The fourth-order valence-electron chi connectivity index (χ4n) is 3.72. The molecule has 0 amide bonds. The van der Waals surface area contributed by atoms with Gasteiger partial charge in [-0.1, -0.05) is 13.8 Å². The molecule has 1 aromatic heterocycles. The predicted molar refractivity (Wildman–Crippen MR) is 81.7 cm³/mol. The van der Waals surface area contributed by atoms with Gasteiger partial charge < -0.3 is 15.0 Å². The van der Waals surface area contributed by atoms with Gasteiger partial charge in [-0.15, -0.1) is 0 Å². The minimum atomic E-state index is -0.304. The van der Waals surface area contributed by atoms with Crippen LogP contribution in [0.5, 0.6) is 0 Å². The standard InChI is InChI=1S/C16H27N3O/c1-12-9-13-14(10-16(2,3)11-15(13)20)19(12)18-7-5-17(4)6-8-18/h9,15,20H,5-8,10-11H2,1-4H3. The van der Waals surface area contributed by atoms with Crippen LogP contribution < -0.4 is 5.01 Å². The number of rotatable bonds is 1. The lowest BCUT2D eigenvalue weighted by Gasteiger charge is -2.39. The minimum absolute atomic E-state index is 0.182. The molecule has 1 saturated heterocycles. The van der Waals surface area contributed by atoms with Crippen molar-refractivity contribution in [1.82, 2.24) is 9.58 Å². The SMILES string of the molecule is Cc1cc2c(n1N1CCN(C)CC1)CC(C)(C)CC2O. The number of fused-ring (bicyclic) bond motifs is 1. The highest BCUT2D eigenvalue weighted by atomic mass is 16.3. The first-order valence-electron chi connectivity index (χ1n) is 7.70. The molecule has 1 N–H and O–H groups in total. The number of aliphatic hydroxyl groups is 1. The first kappa shape index (κ1) is 14.0. The fraction of sp³-hybridized carbons (Fsp3) is 0.750. The van der Waals surface area contributed by atoms with E-state index in [1.54, 1.807) is 0 Å². The van der Waals surface area contributed by atoms with Crippen LogP contribution in [0.2, 0.25) is 0 Å². The molecule has 1 fully saturated rings. The highest BCUT2D eigenvalue weighted by Crippen LogP contribution is 2.42. The monoisotopic (exact) mass is 277 g/mol. The van der Waals surface area contributed by atoms with Crippen molar-refractivity contribution in [2.75, 3.05) is 38.2 Å². The van der Waals surface area contributed by atoms with Crippen molar-refractivity contribution >= 4 is 0 Å². The summed E-state index contributed by atoms with van der Waals surface area (Å²) in [5.41, 5.74) is 3.93. The summed E-state index contributed by atoms with van der Waals surface area (Å²) < 4.78 is 2.38. The van der Waals surface area contributed by atoms with Crippen LogP contribution in [-0.4, -0.2) is 47.9 Å². The molecule has 1 atom stereocenters. The first-order chi connectivity index (χ1) is 9.37. The Labute approximate surface area is 122 Å². The average molecular weight is 277 g/mol. The third kappa shape index (κ3) is 2.35. The van der Waals surface area contributed by atoms with Gasteiger partial charge in [-0.2, -0.15) is 0 Å². The van der Waals surface area contributed by atoms with Crippen molar-refractivity contribution in [2.45, 2.75) is 39.7 Å². The van der Waals surface area contributed by atoms with Gasteiger partial charge in [0, 0.05) is 43.1 Å². The second-order valence-corrected chi connectivity index (χ2v) is 7.32. The van der Waals surface area contributed by atoms with Crippen LogP contribution in [0.15, 0.2) is 6.07 Å². The number of aromatic nitrogens is 1. The summed E-state index contributed by atoms with van der Waals surface area (Å²) in [4.78, 5) is 2.38. The van der Waals surface area contributed by atoms with Gasteiger partial charge in [0.25, 0.3) is 0 Å². The lowest BCUT2D eigenvalue weighted by atomic mass is 9.75. The molecule has 3 rings (SSSR count). The normalized spacial score (nSPS) is 26.6. The molecule has 112 valence electrons. The van der Waals surface area contributed by atoms with Gasteiger partial charge in [-0.3, -0.25) is 4.68 Å². The van der Waals surface area contributed by atoms with Gasteiger partial charge in [0.1, 0.15) is 0 Å². The van der Waals surface area contributed by atoms with Crippen LogP contribution in [0, 0.1) is 12.3 Å². The molecule has 0 spiro atoms. The summed E-state index contributed by atoms with van der Waals surface area (Å²) in [5, 5.41) is 12.9. The van der Waals surface area contributed by atoms with E-state index in [9.17, 15) is 5.11 Å². The topological polar surface area (TPSA) is 31.6 Å². The number of aliphatic hydroxyl groups excluding tert-OH is 1. The van der Waals surface area contributed by atoms with Crippen LogP contribution >= 0.6 is 0 Å². The predicted octanol–water partition coefficient (Wildman–Crippen LogP) is 1.69. The quantitative estimate of drug-likeness (QED) is 0.847. The van der Waals surface area contributed by atoms with E-state index in [4.69, 9.17) is 0 Å². The van der Waals surface area contributed by atoms with Crippen molar-refractivity contribution in [3.05, 3.63) is 23.0 Å². The second kappa shape index (κ2) is 4.78. The highest BCUT2D eigenvalue weighted by molar-refractivity contribution is 5.34. The first-order valence-corrected chi connectivity index (χ1v) is 7.70. The molecule has 2 aliphatic rings. The van der Waals surface area contributed by atoms with E-state index in [1.165, 1.54) is 11.4 Å². The van der Waals surface area contributed by atoms with Gasteiger partial charge in [0.05, 0.1) is 6.10 Å². The number of likely N-dealkylation sites (N-methyl/N-ethyl adjacent to an activating group) is 1. The van der Waals surface area contributed by atoms with Crippen LogP contribution in [0.1, 0.15) is 43.3 Å². The Hall–Kier alpha value is -1.00. The van der Waals surface area contributed by atoms with Crippen molar-refractivity contribution in [1.29, 1.82) is 0 Å². The Balaban J connectivity index is 1.96.